The van der Waals surface area contributed by atoms with Gasteiger partial charge in [-0.05, 0) is 43.6 Å². The molecule has 31 heavy (non-hydrogen) atoms. The van der Waals surface area contributed by atoms with Gasteiger partial charge in [-0.25, -0.2) is 0 Å². The Hall–Kier alpha value is -2.66. The summed E-state index contributed by atoms with van der Waals surface area (Å²) in [7, 11) is 4.04. The average Bonchev–Trinajstić information content (AvgIpc) is 2.73. The summed E-state index contributed by atoms with van der Waals surface area (Å²) in [4.78, 5) is 30.2. The molecule has 0 radical (unpaired) electrons. The number of benzene rings is 2. The van der Waals surface area contributed by atoms with Gasteiger partial charge in [0.15, 0.2) is 0 Å². The van der Waals surface area contributed by atoms with E-state index in [4.69, 9.17) is 0 Å². The summed E-state index contributed by atoms with van der Waals surface area (Å²) < 4.78 is 0. The summed E-state index contributed by atoms with van der Waals surface area (Å²) in [5, 5.41) is 3.14. The summed E-state index contributed by atoms with van der Waals surface area (Å²) in [6.45, 7) is 7.14. The van der Waals surface area contributed by atoms with Crippen LogP contribution in [0.2, 0.25) is 0 Å². The minimum atomic E-state index is -0.470. The van der Waals surface area contributed by atoms with Crippen molar-refractivity contribution < 1.29 is 9.59 Å². The third kappa shape index (κ3) is 5.73. The lowest BCUT2D eigenvalue weighted by atomic mass is 9.92. The van der Waals surface area contributed by atoms with Gasteiger partial charge in [-0.3, -0.25) is 9.59 Å². The Bertz CT molecular complexity index is 905. The first-order valence-corrected chi connectivity index (χ1v) is 11.1. The molecule has 0 fully saturated rings. The molecule has 1 heterocycles. The molecule has 0 saturated carbocycles. The molecule has 0 spiro atoms. The summed E-state index contributed by atoms with van der Waals surface area (Å²) in [5.74, 6) is 0.228. The molecule has 5 heteroatoms. The molecule has 2 unspecified atom stereocenters. The van der Waals surface area contributed by atoms with Crippen LogP contribution in [0.15, 0.2) is 48.5 Å². The monoisotopic (exact) mass is 421 g/mol. The van der Waals surface area contributed by atoms with Crippen LogP contribution in [0, 0.1) is 12.8 Å². The minimum absolute atomic E-state index is 0.0485. The SMILES string of the molecule is Cc1ccc(C(CNC(=O)C2Cc3ccccc3CN2C(=O)CC(C)C)N(C)C)cc1. The predicted molar refractivity (Wildman–Crippen MR) is 125 cm³/mol. The van der Waals surface area contributed by atoms with Gasteiger partial charge in [0.2, 0.25) is 11.8 Å². The van der Waals surface area contributed by atoms with Crippen LogP contribution in [0.1, 0.15) is 48.6 Å². The van der Waals surface area contributed by atoms with Crippen molar-refractivity contribution in [3.05, 3.63) is 70.8 Å². The predicted octanol–water partition coefficient (Wildman–Crippen LogP) is 3.71. The van der Waals surface area contributed by atoms with E-state index >= 15 is 0 Å². The molecule has 2 aromatic rings. The van der Waals surface area contributed by atoms with Gasteiger partial charge < -0.3 is 15.1 Å². The van der Waals surface area contributed by atoms with Gasteiger partial charge in [-0.1, -0.05) is 67.9 Å². The molecule has 5 nitrogen and oxygen atoms in total. The van der Waals surface area contributed by atoms with E-state index in [1.54, 1.807) is 4.90 Å². The van der Waals surface area contributed by atoms with Crippen molar-refractivity contribution >= 4 is 11.8 Å². The lowest BCUT2D eigenvalue weighted by molar-refractivity contribution is -0.142. The number of carbonyl (C=O) groups is 2. The third-order valence-electron chi connectivity index (χ3n) is 6.01. The van der Waals surface area contributed by atoms with Crippen LogP contribution in [-0.4, -0.2) is 48.3 Å². The Morgan fingerprint density at radius 1 is 1.06 bits per heavy atom. The Labute approximate surface area is 186 Å². The van der Waals surface area contributed by atoms with Crippen molar-refractivity contribution in [2.45, 2.75) is 52.2 Å². The average molecular weight is 422 g/mol. The van der Waals surface area contributed by atoms with Crippen molar-refractivity contribution in [2.24, 2.45) is 5.92 Å². The van der Waals surface area contributed by atoms with E-state index < -0.39 is 6.04 Å². The normalized spacial score (nSPS) is 16.9. The summed E-state index contributed by atoms with van der Waals surface area (Å²) in [5.41, 5.74) is 4.66. The third-order valence-corrected chi connectivity index (χ3v) is 6.01. The number of likely N-dealkylation sites (N-methyl/N-ethyl adjacent to an activating group) is 1. The number of aryl methyl sites for hydroxylation is 1. The molecule has 1 aliphatic rings. The van der Waals surface area contributed by atoms with Crippen LogP contribution in [0.5, 0.6) is 0 Å². The van der Waals surface area contributed by atoms with E-state index in [0.717, 1.165) is 16.7 Å². The van der Waals surface area contributed by atoms with Crippen LogP contribution in [-0.2, 0) is 22.6 Å². The van der Waals surface area contributed by atoms with Gasteiger partial charge in [-0.2, -0.15) is 0 Å². The zero-order valence-corrected chi connectivity index (χ0v) is 19.4. The fourth-order valence-electron chi connectivity index (χ4n) is 4.19. The summed E-state index contributed by atoms with van der Waals surface area (Å²) in [6, 6.07) is 16.1. The first kappa shape index (κ1) is 23.0. The first-order valence-electron chi connectivity index (χ1n) is 11.1. The number of hydrogen-bond acceptors (Lipinski definition) is 3. The van der Waals surface area contributed by atoms with E-state index in [9.17, 15) is 9.59 Å². The standard InChI is InChI=1S/C26H35N3O2/c1-18(2)14-25(30)29-17-22-9-7-6-8-21(22)15-23(29)26(31)27-16-24(28(4)5)20-12-10-19(3)11-13-20/h6-13,18,23-24H,14-17H2,1-5H3,(H,27,31). The maximum absolute atomic E-state index is 13.3. The number of nitrogens with zero attached hydrogens (tertiary/aromatic N) is 2. The molecule has 2 aromatic carbocycles. The molecule has 3 rings (SSSR count). The van der Waals surface area contributed by atoms with Gasteiger partial charge >= 0.3 is 0 Å². The zero-order valence-electron chi connectivity index (χ0n) is 19.4. The molecule has 166 valence electrons. The second-order valence-electron chi connectivity index (χ2n) is 9.24. The van der Waals surface area contributed by atoms with Gasteiger partial charge in [0.05, 0.1) is 6.04 Å². The molecular formula is C26H35N3O2. The highest BCUT2D eigenvalue weighted by molar-refractivity contribution is 5.88. The highest BCUT2D eigenvalue weighted by Gasteiger charge is 2.34. The van der Waals surface area contributed by atoms with E-state index in [1.807, 2.05) is 40.1 Å². The molecule has 0 aliphatic carbocycles. The van der Waals surface area contributed by atoms with Gasteiger partial charge in [0.1, 0.15) is 6.04 Å². The molecular weight excluding hydrogens is 386 g/mol. The van der Waals surface area contributed by atoms with E-state index in [1.165, 1.54) is 5.56 Å². The van der Waals surface area contributed by atoms with Crippen molar-refractivity contribution in [2.75, 3.05) is 20.6 Å². The van der Waals surface area contributed by atoms with Crippen LogP contribution in [0.25, 0.3) is 0 Å². The van der Waals surface area contributed by atoms with Crippen molar-refractivity contribution in [1.82, 2.24) is 15.1 Å². The van der Waals surface area contributed by atoms with Gasteiger partial charge in [0, 0.05) is 25.9 Å². The Kier molecular flexibility index (Phi) is 7.50. The van der Waals surface area contributed by atoms with E-state index in [0.29, 0.717) is 25.9 Å². The van der Waals surface area contributed by atoms with Crippen molar-refractivity contribution in [3.8, 4) is 0 Å². The molecule has 1 aliphatic heterocycles. The minimum Gasteiger partial charge on any atom is -0.352 e. The number of carbonyl (C=O) groups excluding carboxylic acids is 2. The topological polar surface area (TPSA) is 52.7 Å². The Balaban J connectivity index is 1.76. The summed E-state index contributed by atoms with van der Waals surface area (Å²) in [6.07, 6.45) is 1.01. The van der Waals surface area contributed by atoms with Crippen LogP contribution >= 0.6 is 0 Å². The second kappa shape index (κ2) is 10.1. The lowest BCUT2D eigenvalue weighted by Gasteiger charge is -2.37. The van der Waals surface area contributed by atoms with Crippen LogP contribution in [0.3, 0.4) is 0 Å². The number of amides is 2. The quantitative estimate of drug-likeness (QED) is 0.741. The summed E-state index contributed by atoms with van der Waals surface area (Å²) >= 11 is 0. The van der Waals surface area contributed by atoms with Crippen LogP contribution < -0.4 is 5.32 Å². The maximum atomic E-state index is 13.3. The number of fused-ring (bicyclic) bond motifs is 1. The molecule has 2 atom stereocenters. The van der Waals surface area contributed by atoms with Crippen LogP contribution in [0.4, 0.5) is 0 Å². The molecule has 0 aromatic heterocycles. The Morgan fingerprint density at radius 3 is 2.32 bits per heavy atom. The molecule has 0 bridgehead atoms. The zero-order chi connectivity index (χ0) is 22.5. The number of rotatable bonds is 7. The number of hydrogen-bond donors (Lipinski definition) is 1. The first-order chi connectivity index (χ1) is 14.8. The highest BCUT2D eigenvalue weighted by atomic mass is 16.2. The fourth-order valence-corrected chi connectivity index (χ4v) is 4.19. The lowest BCUT2D eigenvalue weighted by Crippen LogP contribution is -2.53. The van der Waals surface area contributed by atoms with E-state index in [2.05, 4.69) is 53.5 Å². The molecule has 1 N–H and O–H groups in total. The largest absolute Gasteiger partial charge is 0.352 e. The van der Waals surface area contributed by atoms with Gasteiger partial charge in [-0.15, -0.1) is 0 Å². The Morgan fingerprint density at radius 2 is 1.71 bits per heavy atom. The highest BCUT2D eigenvalue weighted by Crippen LogP contribution is 2.25. The smallest absolute Gasteiger partial charge is 0.243 e. The van der Waals surface area contributed by atoms with E-state index in [-0.39, 0.29) is 23.8 Å². The van der Waals surface area contributed by atoms with Crippen molar-refractivity contribution in [1.29, 1.82) is 0 Å². The fraction of sp³-hybridized carbons (Fsp3) is 0.462. The molecule has 0 saturated heterocycles. The molecule has 2 amide bonds. The second-order valence-corrected chi connectivity index (χ2v) is 9.24. The van der Waals surface area contributed by atoms with Crippen molar-refractivity contribution in [3.63, 3.8) is 0 Å². The maximum Gasteiger partial charge on any atom is 0.243 e. The van der Waals surface area contributed by atoms with Gasteiger partial charge in [0.25, 0.3) is 0 Å². The number of nitrogens with one attached hydrogen (secondary N) is 1.